The minimum absolute atomic E-state index is 0.842. The highest BCUT2D eigenvalue weighted by atomic mass is 32.2. The lowest BCUT2D eigenvalue weighted by atomic mass is 10.5. The molecule has 90 valence electrons. The molecule has 3 aromatic rings. The van der Waals surface area contributed by atoms with Crippen LogP contribution in [0.25, 0.3) is 5.65 Å². The number of nitrogens with zero attached hydrogens (tertiary/aromatic N) is 4. The zero-order chi connectivity index (χ0) is 12.4. The number of rotatable bonds is 3. The molecule has 3 aromatic heterocycles. The van der Waals surface area contributed by atoms with Crippen molar-refractivity contribution in [2.75, 3.05) is 12.4 Å². The van der Waals surface area contributed by atoms with Gasteiger partial charge in [-0.15, -0.1) is 10.2 Å². The first-order valence-electron chi connectivity index (χ1n) is 5.48. The molecule has 0 aliphatic heterocycles. The minimum atomic E-state index is 0.842. The van der Waals surface area contributed by atoms with Crippen LogP contribution >= 0.6 is 11.8 Å². The van der Waals surface area contributed by atoms with Crippen LogP contribution in [0.4, 0.5) is 5.82 Å². The van der Waals surface area contributed by atoms with E-state index >= 15 is 0 Å². The van der Waals surface area contributed by atoms with Crippen LogP contribution in [0.15, 0.2) is 52.8 Å². The van der Waals surface area contributed by atoms with E-state index in [1.165, 1.54) is 0 Å². The Morgan fingerprint density at radius 2 is 2.17 bits per heavy atom. The predicted molar refractivity (Wildman–Crippen MR) is 70.9 cm³/mol. The summed E-state index contributed by atoms with van der Waals surface area (Å²) in [5.74, 6) is 0.842. The molecule has 18 heavy (non-hydrogen) atoms. The van der Waals surface area contributed by atoms with Gasteiger partial charge in [0.1, 0.15) is 5.82 Å². The Hall–Kier alpha value is -2.08. The molecular formula is C12H11N5S. The van der Waals surface area contributed by atoms with E-state index < -0.39 is 0 Å². The van der Waals surface area contributed by atoms with E-state index in [0.717, 1.165) is 21.5 Å². The molecule has 0 aliphatic carbocycles. The van der Waals surface area contributed by atoms with Crippen LogP contribution < -0.4 is 5.32 Å². The molecule has 0 radical (unpaired) electrons. The molecule has 5 nitrogen and oxygen atoms in total. The van der Waals surface area contributed by atoms with E-state index in [2.05, 4.69) is 20.5 Å². The van der Waals surface area contributed by atoms with Crippen molar-refractivity contribution in [2.24, 2.45) is 0 Å². The molecule has 0 atom stereocenters. The van der Waals surface area contributed by atoms with Crippen molar-refractivity contribution >= 4 is 23.2 Å². The zero-order valence-corrected chi connectivity index (χ0v) is 10.6. The fourth-order valence-corrected chi connectivity index (χ4v) is 2.45. The quantitative estimate of drug-likeness (QED) is 0.780. The van der Waals surface area contributed by atoms with Gasteiger partial charge in [-0.05, 0) is 36.0 Å². The summed E-state index contributed by atoms with van der Waals surface area (Å²) in [4.78, 5) is 5.26. The first-order valence-corrected chi connectivity index (χ1v) is 6.30. The zero-order valence-electron chi connectivity index (χ0n) is 9.74. The molecular weight excluding hydrogens is 246 g/mol. The molecule has 0 amide bonds. The minimum Gasteiger partial charge on any atom is -0.373 e. The lowest BCUT2D eigenvalue weighted by Crippen LogP contribution is -1.91. The van der Waals surface area contributed by atoms with Gasteiger partial charge in [-0.1, -0.05) is 6.07 Å². The van der Waals surface area contributed by atoms with Crippen molar-refractivity contribution in [3.8, 4) is 0 Å². The molecule has 0 saturated carbocycles. The maximum Gasteiger partial charge on any atom is 0.200 e. The van der Waals surface area contributed by atoms with Crippen molar-refractivity contribution < 1.29 is 0 Å². The van der Waals surface area contributed by atoms with Gasteiger partial charge in [0.05, 0.1) is 0 Å². The highest BCUT2D eigenvalue weighted by Crippen LogP contribution is 2.27. The van der Waals surface area contributed by atoms with Crippen molar-refractivity contribution in [3.63, 3.8) is 0 Å². The molecule has 3 rings (SSSR count). The summed E-state index contributed by atoms with van der Waals surface area (Å²) in [5, 5.41) is 12.2. The Bertz CT molecular complexity index is 679. The number of pyridine rings is 2. The van der Waals surface area contributed by atoms with Crippen LogP contribution in [-0.4, -0.2) is 26.6 Å². The van der Waals surface area contributed by atoms with Gasteiger partial charge in [-0.3, -0.25) is 4.40 Å². The fourth-order valence-electron chi connectivity index (χ4n) is 1.61. The van der Waals surface area contributed by atoms with Crippen molar-refractivity contribution in [1.29, 1.82) is 0 Å². The van der Waals surface area contributed by atoms with E-state index in [0.29, 0.717) is 0 Å². The Labute approximate surface area is 108 Å². The van der Waals surface area contributed by atoms with Crippen molar-refractivity contribution in [3.05, 3.63) is 42.7 Å². The smallest absolute Gasteiger partial charge is 0.200 e. The number of hydrogen-bond donors (Lipinski definition) is 1. The first kappa shape index (κ1) is 11.0. The van der Waals surface area contributed by atoms with Crippen molar-refractivity contribution in [2.45, 2.75) is 10.1 Å². The first-order chi connectivity index (χ1) is 8.86. The van der Waals surface area contributed by atoms with E-state index in [1.807, 2.05) is 48.0 Å². The van der Waals surface area contributed by atoms with Crippen LogP contribution in [0.2, 0.25) is 0 Å². The molecule has 0 aromatic carbocycles. The van der Waals surface area contributed by atoms with E-state index in [1.54, 1.807) is 18.0 Å². The molecule has 3 heterocycles. The van der Waals surface area contributed by atoms with Gasteiger partial charge >= 0.3 is 0 Å². The summed E-state index contributed by atoms with van der Waals surface area (Å²) in [7, 11) is 1.85. The third-order valence-electron chi connectivity index (χ3n) is 2.48. The molecule has 6 heteroatoms. The van der Waals surface area contributed by atoms with Gasteiger partial charge in [-0.25, -0.2) is 4.98 Å². The van der Waals surface area contributed by atoms with E-state index in [-0.39, 0.29) is 0 Å². The predicted octanol–water partition coefficient (Wildman–Crippen LogP) is 2.32. The fraction of sp³-hybridized carbons (Fsp3) is 0.0833. The molecule has 0 aliphatic rings. The summed E-state index contributed by atoms with van der Waals surface area (Å²) >= 11 is 1.56. The second-order valence-corrected chi connectivity index (χ2v) is 4.68. The molecule has 0 fully saturated rings. The molecule has 0 spiro atoms. The number of anilines is 1. The second-order valence-electron chi connectivity index (χ2n) is 3.64. The van der Waals surface area contributed by atoms with Gasteiger partial charge < -0.3 is 5.32 Å². The number of aromatic nitrogens is 4. The van der Waals surface area contributed by atoms with Crippen molar-refractivity contribution in [1.82, 2.24) is 19.6 Å². The normalized spacial score (nSPS) is 10.7. The molecule has 0 bridgehead atoms. The van der Waals surface area contributed by atoms with Gasteiger partial charge in [0.15, 0.2) is 10.8 Å². The summed E-state index contributed by atoms with van der Waals surface area (Å²) in [6, 6.07) is 9.78. The average molecular weight is 257 g/mol. The Morgan fingerprint density at radius 3 is 3.06 bits per heavy atom. The highest BCUT2D eigenvalue weighted by molar-refractivity contribution is 7.99. The van der Waals surface area contributed by atoms with E-state index in [4.69, 9.17) is 0 Å². The van der Waals surface area contributed by atoms with Crippen LogP contribution in [0.1, 0.15) is 0 Å². The van der Waals surface area contributed by atoms with Gasteiger partial charge in [0.25, 0.3) is 0 Å². The molecule has 0 unspecified atom stereocenters. The van der Waals surface area contributed by atoms with Crippen LogP contribution in [0.3, 0.4) is 0 Å². The topological polar surface area (TPSA) is 55.1 Å². The van der Waals surface area contributed by atoms with Crippen LogP contribution in [-0.2, 0) is 0 Å². The Kier molecular flexibility index (Phi) is 2.85. The number of fused-ring (bicyclic) bond motifs is 1. The summed E-state index contributed by atoms with van der Waals surface area (Å²) in [6.45, 7) is 0. The van der Waals surface area contributed by atoms with Crippen LogP contribution in [0.5, 0.6) is 0 Å². The SMILES string of the molecule is CNc1cc(Sc2nnc3ccccn23)ccn1. The highest BCUT2D eigenvalue weighted by Gasteiger charge is 2.06. The van der Waals surface area contributed by atoms with Crippen LogP contribution in [0, 0.1) is 0 Å². The van der Waals surface area contributed by atoms with E-state index in [9.17, 15) is 0 Å². The second kappa shape index (κ2) is 4.66. The number of hydrogen-bond acceptors (Lipinski definition) is 5. The standard InChI is InChI=1S/C12H11N5S/c1-13-10-8-9(5-6-14-10)18-12-16-15-11-4-2-3-7-17(11)12/h2-8H,1H3,(H,13,14). The monoisotopic (exact) mass is 257 g/mol. The Morgan fingerprint density at radius 1 is 1.22 bits per heavy atom. The maximum atomic E-state index is 4.18. The van der Waals surface area contributed by atoms with Gasteiger partial charge in [-0.2, -0.15) is 0 Å². The summed E-state index contributed by atoms with van der Waals surface area (Å²) < 4.78 is 1.96. The average Bonchev–Trinajstić information content (AvgIpc) is 2.83. The molecule has 0 saturated heterocycles. The summed E-state index contributed by atoms with van der Waals surface area (Å²) in [6.07, 6.45) is 3.73. The van der Waals surface area contributed by atoms with Gasteiger partial charge in [0, 0.05) is 24.3 Å². The third-order valence-corrected chi connectivity index (χ3v) is 3.43. The number of nitrogens with one attached hydrogen (secondary N) is 1. The lowest BCUT2D eigenvalue weighted by Gasteiger charge is -2.02. The summed E-state index contributed by atoms with van der Waals surface area (Å²) in [5.41, 5.74) is 0.850. The Balaban J connectivity index is 1.96. The third kappa shape index (κ3) is 2.02. The maximum absolute atomic E-state index is 4.18. The lowest BCUT2D eigenvalue weighted by molar-refractivity contribution is 0.921. The van der Waals surface area contributed by atoms with Gasteiger partial charge in [0.2, 0.25) is 0 Å². The largest absolute Gasteiger partial charge is 0.373 e. The molecule has 1 N–H and O–H groups in total.